The predicted molar refractivity (Wildman–Crippen MR) is 141 cm³/mol. The molecule has 1 aromatic rings. The van der Waals surface area contributed by atoms with Crippen LogP contribution in [0.4, 0.5) is 0 Å². The summed E-state index contributed by atoms with van der Waals surface area (Å²) in [6.45, 7) is 12.6. The number of piperidine rings is 1. The van der Waals surface area contributed by atoms with Crippen LogP contribution in [0, 0.1) is 11.8 Å². The van der Waals surface area contributed by atoms with E-state index in [9.17, 15) is 4.79 Å². The number of likely N-dealkylation sites (tertiary alicyclic amines) is 1. The smallest absolute Gasteiger partial charge is 0.219 e. The Labute approximate surface area is 210 Å². The highest BCUT2D eigenvalue weighted by molar-refractivity contribution is 9.10. The van der Waals surface area contributed by atoms with Crippen molar-refractivity contribution in [2.24, 2.45) is 11.8 Å². The molecule has 1 saturated carbocycles. The lowest BCUT2D eigenvalue weighted by molar-refractivity contribution is -0.131. The molecule has 0 unspecified atom stereocenters. The van der Waals surface area contributed by atoms with E-state index in [1.807, 2.05) is 0 Å². The molecule has 186 valence electrons. The average Bonchev–Trinajstić information content (AvgIpc) is 2.78. The number of ether oxygens (including phenoxy) is 1. The van der Waals surface area contributed by atoms with Gasteiger partial charge in [0.25, 0.3) is 0 Å². The summed E-state index contributed by atoms with van der Waals surface area (Å²) in [5, 5.41) is 0. The van der Waals surface area contributed by atoms with E-state index in [2.05, 4.69) is 64.7 Å². The van der Waals surface area contributed by atoms with E-state index in [1.165, 1.54) is 81.0 Å². The quantitative estimate of drug-likeness (QED) is 0.344. The molecule has 2 fully saturated rings. The summed E-state index contributed by atoms with van der Waals surface area (Å²) in [7, 11) is 0. The fourth-order valence-electron chi connectivity index (χ4n) is 5.86. The number of halogens is 1. The summed E-state index contributed by atoms with van der Waals surface area (Å²) in [6.07, 6.45) is 11.6. The topological polar surface area (TPSA) is 32.8 Å². The number of rotatable bonds is 10. The number of carbonyl (C=O) groups excluding carboxylic acids is 1. The van der Waals surface area contributed by atoms with Crippen molar-refractivity contribution in [1.82, 2.24) is 9.80 Å². The van der Waals surface area contributed by atoms with Crippen LogP contribution in [-0.4, -0.2) is 54.0 Å². The monoisotopic (exact) mass is 520 g/mol. The van der Waals surface area contributed by atoms with Crippen molar-refractivity contribution < 1.29 is 9.53 Å². The van der Waals surface area contributed by atoms with Crippen LogP contribution in [0.1, 0.15) is 84.6 Å². The van der Waals surface area contributed by atoms with Crippen molar-refractivity contribution in [3.63, 3.8) is 0 Å². The summed E-state index contributed by atoms with van der Waals surface area (Å²) < 4.78 is 7.11. The van der Waals surface area contributed by atoms with Crippen molar-refractivity contribution in [1.29, 1.82) is 0 Å². The van der Waals surface area contributed by atoms with E-state index >= 15 is 0 Å². The van der Waals surface area contributed by atoms with Gasteiger partial charge in [-0.1, -0.05) is 15.9 Å². The SMILES string of the molecule is CCN(C(C)=O)C1CCC(CCCN2CCC(Cc3cc(OC(C)C)ccc3Br)CC2)CC1. The van der Waals surface area contributed by atoms with E-state index in [1.54, 1.807) is 6.92 Å². The van der Waals surface area contributed by atoms with Gasteiger partial charge < -0.3 is 14.5 Å². The summed E-state index contributed by atoms with van der Waals surface area (Å²) >= 11 is 3.74. The molecule has 3 rings (SSSR count). The average molecular weight is 522 g/mol. The van der Waals surface area contributed by atoms with Gasteiger partial charge in [-0.25, -0.2) is 0 Å². The van der Waals surface area contributed by atoms with Crippen molar-refractivity contribution in [2.75, 3.05) is 26.2 Å². The minimum Gasteiger partial charge on any atom is -0.491 e. The van der Waals surface area contributed by atoms with Gasteiger partial charge in [-0.3, -0.25) is 4.79 Å². The summed E-state index contributed by atoms with van der Waals surface area (Å²) in [4.78, 5) is 16.6. The van der Waals surface area contributed by atoms with Gasteiger partial charge in [0.1, 0.15) is 5.75 Å². The lowest BCUT2D eigenvalue weighted by atomic mass is 9.82. The lowest BCUT2D eigenvalue weighted by Gasteiger charge is -2.36. The van der Waals surface area contributed by atoms with Crippen LogP contribution in [-0.2, 0) is 11.2 Å². The third kappa shape index (κ3) is 8.28. The molecule has 1 aliphatic carbocycles. The van der Waals surface area contributed by atoms with Gasteiger partial charge in [-0.2, -0.15) is 0 Å². The molecule has 0 spiro atoms. The van der Waals surface area contributed by atoms with Crippen LogP contribution in [0.3, 0.4) is 0 Å². The Morgan fingerprint density at radius 2 is 1.82 bits per heavy atom. The maximum Gasteiger partial charge on any atom is 0.219 e. The van der Waals surface area contributed by atoms with Crippen molar-refractivity contribution in [3.05, 3.63) is 28.2 Å². The molecular weight excluding hydrogens is 476 g/mol. The molecule has 5 heteroatoms. The normalized spacial score (nSPS) is 22.5. The van der Waals surface area contributed by atoms with Crippen LogP contribution >= 0.6 is 15.9 Å². The second-order valence-electron chi connectivity index (χ2n) is 10.5. The second-order valence-corrected chi connectivity index (χ2v) is 11.4. The maximum absolute atomic E-state index is 11.8. The predicted octanol–water partition coefficient (Wildman–Crippen LogP) is 6.70. The molecule has 1 aliphatic heterocycles. The third-order valence-electron chi connectivity index (χ3n) is 7.69. The molecule has 1 aromatic carbocycles. The Morgan fingerprint density at radius 3 is 2.42 bits per heavy atom. The molecule has 2 aliphatic rings. The lowest BCUT2D eigenvalue weighted by Crippen LogP contribution is -2.41. The minimum atomic E-state index is 0.212. The molecule has 1 saturated heterocycles. The van der Waals surface area contributed by atoms with E-state index in [4.69, 9.17) is 4.74 Å². The summed E-state index contributed by atoms with van der Waals surface area (Å²) in [5.41, 5.74) is 1.38. The number of carbonyl (C=O) groups is 1. The molecule has 0 bridgehead atoms. The molecule has 33 heavy (non-hydrogen) atoms. The Bertz CT molecular complexity index is 737. The molecule has 0 radical (unpaired) electrons. The summed E-state index contributed by atoms with van der Waals surface area (Å²) in [6, 6.07) is 6.91. The Kier molecular flexibility index (Phi) is 10.6. The fraction of sp³-hybridized carbons (Fsp3) is 0.750. The molecule has 0 aromatic heterocycles. The largest absolute Gasteiger partial charge is 0.491 e. The van der Waals surface area contributed by atoms with Gasteiger partial charge in [0.15, 0.2) is 0 Å². The van der Waals surface area contributed by atoms with Gasteiger partial charge in [-0.05, 0) is 134 Å². The van der Waals surface area contributed by atoms with Crippen molar-refractivity contribution in [2.45, 2.75) is 97.6 Å². The zero-order chi connectivity index (χ0) is 23.8. The Hall–Kier alpha value is -1.07. The highest BCUT2D eigenvalue weighted by atomic mass is 79.9. The van der Waals surface area contributed by atoms with Crippen LogP contribution in [0.2, 0.25) is 0 Å². The maximum atomic E-state index is 11.8. The first-order valence-electron chi connectivity index (χ1n) is 13.3. The van der Waals surface area contributed by atoms with Gasteiger partial charge in [0, 0.05) is 24.0 Å². The van der Waals surface area contributed by atoms with E-state index in [-0.39, 0.29) is 12.0 Å². The van der Waals surface area contributed by atoms with Crippen LogP contribution in [0.25, 0.3) is 0 Å². The molecular formula is C28H45BrN2O2. The zero-order valence-electron chi connectivity index (χ0n) is 21.3. The van der Waals surface area contributed by atoms with Gasteiger partial charge in [0.05, 0.1) is 6.10 Å². The van der Waals surface area contributed by atoms with Crippen LogP contribution < -0.4 is 4.74 Å². The highest BCUT2D eigenvalue weighted by Gasteiger charge is 2.26. The number of benzene rings is 1. The van der Waals surface area contributed by atoms with Crippen molar-refractivity contribution >= 4 is 21.8 Å². The first-order chi connectivity index (χ1) is 15.9. The Morgan fingerprint density at radius 1 is 1.12 bits per heavy atom. The second kappa shape index (κ2) is 13.1. The molecule has 0 N–H and O–H groups in total. The van der Waals surface area contributed by atoms with E-state index in [0.29, 0.717) is 6.04 Å². The van der Waals surface area contributed by atoms with Gasteiger partial charge >= 0.3 is 0 Å². The van der Waals surface area contributed by atoms with Crippen LogP contribution in [0.15, 0.2) is 22.7 Å². The van der Waals surface area contributed by atoms with Crippen LogP contribution in [0.5, 0.6) is 5.75 Å². The molecule has 1 amide bonds. The number of amides is 1. The molecule has 4 nitrogen and oxygen atoms in total. The third-order valence-corrected chi connectivity index (χ3v) is 8.47. The highest BCUT2D eigenvalue weighted by Crippen LogP contribution is 2.32. The summed E-state index contributed by atoms with van der Waals surface area (Å²) in [5.74, 6) is 2.86. The van der Waals surface area contributed by atoms with Crippen molar-refractivity contribution in [3.8, 4) is 5.75 Å². The Balaban J connectivity index is 1.33. The number of hydrogen-bond donors (Lipinski definition) is 0. The minimum absolute atomic E-state index is 0.212. The zero-order valence-corrected chi connectivity index (χ0v) is 22.9. The van der Waals surface area contributed by atoms with E-state index < -0.39 is 0 Å². The first-order valence-corrected chi connectivity index (χ1v) is 14.1. The standard InChI is InChI=1S/C28H45BrN2O2/c1-5-31(22(4)32)26-10-8-23(9-11-26)7-6-16-30-17-14-24(15-18-30)19-25-20-27(33-21(2)3)12-13-28(25)29/h12-13,20-21,23-24,26H,5-11,14-19H2,1-4H3. The first kappa shape index (κ1) is 26.5. The van der Waals surface area contributed by atoms with Gasteiger partial charge in [0.2, 0.25) is 5.91 Å². The van der Waals surface area contributed by atoms with Gasteiger partial charge in [-0.15, -0.1) is 0 Å². The fourth-order valence-corrected chi connectivity index (χ4v) is 6.27. The number of nitrogens with zero attached hydrogens (tertiary/aromatic N) is 2. The van der Waals surface area contributed by atoms with E-state index in [0.717, 1.165) is 30.6 Å². The molecule has 1 heterocycles. The number of hydrogen-bond acceptors (Lipinski definition) is 3. The molecule has 0 atom stereocenters.